The Morgan fingerprint density at radius 2 is 2.00 bits per heavy atom. The Morgan fingerprint density at radius 3 is 2.78 bits per heavy atom. The Morgan fingerprint density at radius 1 is 1.22 bits per heavy atom. The minimum Gasteiger partial charge on any atom is -0.368 e. The van der Waals surface area contributed by atoms with Crippen molar-refractivity contribution in [2.45, 2.75) is 20.3 Å². The first-order valence-corrected chi connectivity index (χ1v) is 6.74. The number of aromatic amines is 1. The molecule has 0 aliphatic heterocycles. The Balaban J connectivity index is 1.83. The number of hydrogen-bond acceptors (Lipinski definition) is 3. The van der Waals surface area contributed by atoms with Crippen LogP contribution in [0.4, 0.5) is 5.82 Å². The zero-order valence-electron chi connectivity index (χ0n) is 11.2. The van der Waals surface area contributed by atoms with Crippen molar-refractivity contribution < 1.29 is 0 Å². The van der Waals surface area contributed by atoms with E-state index in [0.717, 1.165) is 43.9 Å². The van der Waals surface area contributed by atoms with Crippen LogP contribution in [0.3, 0.4) is 0 Å². The fourth-order valence-corrected chi connectivity index (χ4v) is 2.15. The van der Waals surface area contributed by atoms with E-state index in [0.29, 0.717) is 0 Å². The van der Waals surface area contributed by atoms with Gasteiger partial charge in [0.25, 0.3) is 0 Å². The van der Waals surface area contributed by atoms with Crippen molar-refractivity contribution in [3.63, 3.8) is 0 Å². The normalized spacial score (nSPS) is 11.3. The highest BCUT2D eigenvalue weighted by molar-refractivity contribution is 5.89. The van der Waals surface area contributed by atoms with Gasteiger partial charge in [0.2, 0.25) is 0 Å². The molecule has 4 heteroatoms. The van der Waals surface area contributed by atoms with E-state index in [1.54, 1.807) is 0 Å². The molecule has 0 bridgehead atoms. The zero-order valence-corrected chi connectivity index (χ0v) is 11.2. The maximum absolute atomic E-state index is 4.30. The smallest absolute Gasteiger partial charge is 0.155 e. The molecule has 0 spiro atoms. The van der Waals surface area contributed by atoms with E-state index in [1.807, 2.05) is 18.2 Å². The molecular weight excluding hydrogens is 224 g/mol. The predicted molar refractivity (Wildman–Crippen MR) is 77.0 cm³/mol. The van der Waals surface area contributed by atoms with E-state index in [1.165, 1.54) is 5.39 Å². The molecule has 1 aromatic heterocycles. The number of nitrogens with zero attached hydrogens (tertiary/aromatic N) is 2. The van der Waals surface area contributed by atoms with E-state index in [-0.39, 0.29) is 0 Å². The minimum absolute atomic E-state index is 0.963. The first-order valence-electron chi connectivity index (χ1n) is 6.74. The molecule has 0 saturated heterocycles. The van der Waals surface area contributed by atoms with Crippen LogP contribution < -0.4 is 5.32 Å². The summed E-state index contributed by atoms with van der Waals surface area (Å²) >= 11 is 0. The summed E-state index contributed by atoms with van der Waals surface area (Å²) in [5.41, 5.74) is 1.09. The first kappa shape index (κ1) is 12.9. The Hall–Kier alpha value is -1.55. The van der Waals surface area contributed by atoms with E-state index in [4.69, 9.17) is 0 Å². The summed E-state index contributed by atoms with van der Waals surface area (Å²) in [5, 5.41) is 11.9. The molecule has 0 aliphatic rings. The summed E-state index contributed by atoms with van der Waals surface area (Å²) in [6.45, 7) is 8.77. The predicted octanol–water partition coefficient (Wildman–Crippen LogP) is 2.71. The third kappa shape index (κ3) is 3.01. The molecule has 0 radical (unpaired) electrons. The molecule has 2 rings (SSSR count). The number of anilines is 1. The standard InChI is InChI=1S/C14H22N4/c1-3-18(4-2)11-7-10-15-14-12-8-5-6-9-13(12)16-17-14/h5-6,8-9H,3-4,7,10-11H2,1-2H3,(H2,15,16,17). The van der Waals surface area contributed by atoms with Gasteiger partial charge in [-0.1, -0.05) is 26.0 Å². The summed E-state index contributed by atoms with van der Waals surface area (Å²) in [4.78, 5) is 2.43. The van der Waals surface area contributed by atoms with Gasteiger partial charge in [-0.05, 0) is 38.2 Å². The van der Waals surface area contributed by atoms with Crippen LogP contribution in [0.25, 0.3) is 10.9 Å². The SMILES string of the molecule is CCN(CC)CCCNc1n[nH]c2ccccc12. The summed E-state index contributed by atoms with van der Waals surface area (Å²) < 4.78 is 0. The molecule has 2 N–H and O–H groups in total. The molecule has 0 atom stereocenters. The van der Waals surface area contributed by atoms with Crippen molar-refractivity contribution in [3.05, 3.63) is 24.3 Å². The van der Waals surface area contributed by atoms with Crippen LogP contribution in [0, 0.1) is 0 Å². The number of benzene rings is 1. The van der Waals surface area contributed by atoms with E-state index >= 15 is 0 Å². The Kier molecular flexibility index (Phi) is 4.59. The highest BCUT2D eigenvalue weighted by Crippen LogP contribution is 2.19. The van der Waals surface area contributed by atoms with Gasteiger partial charge in [-0.3, -0.25) is 5.10 Å². The van der Waals surface area contributed by atoms with Crippen LogP contribution in [0.15, 0.2) is 24.3 Å². The van der Waals surface area contributed by atoms with Gasteiger partial charge in [0.15, 0.2) is 5.82 Å². The van der Waals surface area contributed by atoms with Crippen LogP contribution in [0.1, 0.15) is 20.3 Å². The molecule has 18 heavy (non-hydrogen) atoms. The zero-order chi connectivity index (χ0) is 12.8. The number of rotatable bonds is 7. The van der Waals surface area contributed by atoms with Gasteiger partial charge in [-0.15, -0.1) is 0 Å². The van der Waals surface area contributed by atoms with Crippen LogP contribution in [-0.2, 0) is 0 Å². The van der Waals surface area contributed by atoms with E-state index < -0.39 is 0 Å². The lowest BCUT2D eigenvalue weighted by Crippen LogP contribution is -2.25. The van der Waals surface area contributed by atoms with E-state index in [2.05, 4.69) is 40.3 Å². The number of hydrogen-bond donors (Lipinski definition) is 2. The van der Waals surface area contributed by atoms with Crippen molar-refractivity contribution in [2.24, 2.45) is 0 Å². The molecular formula is C14H22N4. The van der Waals surface area contributed by atoms with Crippen molar-refractivity contribution in [3.8, 4) is 0 Å². The van der Waals surface area contributed by atoms with Gasteiger partial charge in [0.05, 0.1) is 5.52 Å². The van der Waals surface area contributed by atoms with Gasteiger partial charge in [-0.25, -0.2) is 0 Å². The third-order valence-electron chi connectivity index (χ3n) is 3.31. The fourth-order valence-electron chi connectivity index (χ4n) is 2.15. The van der Waals surface area contributed by atoms with E-state index in [9.17, 15) is 0 Å². The molecule has 98 valence electrons. The minimum atomic E-state index is 0.963. The van der Waals surface area contributed by atoms with Crippen molar-refractivity contribution >= 4 is 16.7 Å². The molecule has 1 heterocycles. The second-order valence-corrected chi connectivity index (χ2v) is 4.43. The number of para-hydroxylation sites is 1. The summed E-state index contributed by atoms with van der Waals surface area (Å²) in [5.74, 6) is 0.963. The molecule has 0 saturated carbocycles. The largest absolute Gasteiger partial charge is 0.368 e. The molecule has 0 aliphatic carbocycles. The molecule has 0 unspecified atom stereocenters. The Bertz CT molecular complexity index is 473. The fraction of sp³-hybridized carbons (Fsp3) is 0.500. The summed E-state index contributed by atoms with van der Waals surface area (Å²) in [6.07, 6.45) is 1.14. The maximum atomic E-state index is 4.30. The number of nitrogens with one attached hydrogen (secondary N) is 2. The lowest BCUT2D eigenvalue weighted by molar-refractivity contribution is 0.303. The monoisotopic (exact) mass is 246 g/mol. The lowest BCUT2D eigenvalue weighted by Gasteiger charge is -2.17. The molecule has 4 nitrogen and oxygen atoms in total. The van der Waals surface area contributed by atoms with Crippen LogP contribution >= 0.6 is 0 Å². The third-order valence-corrected chi connectivity index (χ3v) is 3.31. The molecule has 0 amide bonds. The molecule has 0 fully saturated rings. The quantitative estimate of drug-likeness (QED) is 0.738. The maximum Gasteiger partial charge on any atom is 0.155 e. The second-order valence-electron chi connectivity index (χ2n) is 4.43. The van der Waals surface area contributed by atoms with Gasteiger partial charge in [0, 0.05) is 11.9 Å². The van der Waals surface area contributed by atoms with Gasteiger partial charge < -0.3 is 10.2 Å². The van der Waals surface area contributed by atoms with Crippen molar-refractivity contribution in [2.75, 3.05) is 31.5 Å². The van der Waals surface area contributed by atoms with Crippen LogP contribution in [-0.4, -0.2) is 41.3 Å². The number of aromatic nitrogens is 2. The van der Waals surface area contributed by atoms with Gasteiger partial charge in [0.1, 0.15) is 0 Å². The molecule has 1 aromatic carbocycles. The molecule has 2 aromatic rings. The average Bonchev–Trinajstić information content (AvgIpc) is 2.82. The summed E-state index contributed by atoms with van der Waals surface area (Å²) in [7, 11) is 0. The van der Waals surface area contributed by atoms with Crippen molar-refractivity contribution in [1.29, 1.82) is 0 Å². The Labute approximate surface area is 108 Å². The number of fused-ring (bicyclic) bond motifs is 1. The van der Waals surface area contributed by atoms with Crippen LogP contribution in [0.5, 0.6) is 0 Å². The van der Waals surface area contributed by atoms with Crippen LogP contribution in [0.2, 0.25) is 0 Å². The number of H-pyrrole nitrogens is 1. The topological polar surface area (TPSA) is 44.0 Å². The first-order chi connectivity index (χ1) is 8.85. The average molecular weight is 246 g/mol. The lowest BCUT2D eigenvalue weighted by atomic mass is 10.2. The highest BCUT2D eigenvalue weighted by Gasteiger charge is 2.03. The van der Waals surface area contributed by atoms with Gasteiger partial charge >= 0.3 is 0 Å². The highest BCUT2D eigenvalue weighted by atomic mass is 15.2. The second kappa shape index (κ2) is 6.40. The van der Waals surface area contributed by atoms with Gasteiger partial charge in [-0.2, -0.15) is 5.10 Å². The van der Waals surface area contributed by atoms with Crippen molar-refractivity contribution in [1.82, 2.24) is 15.1 Å². The summed E-state index contributed by atoms with van der Waals surface area (Å²) in [6, 6.07) is 8.19.